The Balaban J connectivity index is 2.06. The van der Waals surface area contributed by atoms with Crippen LogP contribution in [0.5, 0.6) is 0 Å². The average molecular weight is 142 g/mol. The molecule has 0 amide bonds. The molecule has 0 spiro atoms. The molecule has 0 unspecified atom stereocenters. The lowest BCUT2D eigenvalue weighted by Crippen LogP contribution is -2.14. The first-order chi connectivity index (χ1) is 4.83. The second kappa shape index (κ2) is 3.94. The van der Waals surface area contributed by atoms with Gasteiger partial charge in [0.05, 0.1) is 0 Å². The molecule has 1 aliphatic heterocycles. The Morgan fingerprint density at radius 1 is 1.60 bits per heavy atom. The molecule has 1 saturated heterocycles. The maximum atomic E-state index is 5.43. The summed E-state index contributed by atoms with van der Waals surface area (Å²) in [6.45, 7) is 3.44. The van der Waals surface area contributed by atoms with Gasteiger partial charge in [-0.05, 0) is 45.3 Å². The van der Waals surface area contributed by atoms with E-state index in [1.807, 2.05) is 0 Å². The summed E-state index contributed by atoms with van der Waals surface area (Å²) in [6.07, 6.45) is 3.93. The molecule has 0 aromatic rings. The van der Waals surface area contributed by atoms with Gasteiger partial charge in [0.2, 0.25) is 0 Å². The van der Waals surface area contributed by atoms with Crippen LogP contribution in [0, 0.1) is 5.92 Å². The third-order valence-electron chi connectivity index (χ3n) is 2.31. The molecule has 0 aromatic carbocycles. The van der Waals surface area contributed by atoms with E-state index in [2.05, 4.69) is 11.9 Å². The van der Waals surface area contributed by atoms with Crippen molar-refractivity contribution in [2.45, 2.75) is 19.3 Å². The molecule has 10 heavy (non-hydrogen) atoms. The topological polar surface area (TPSA) is 29.3 Å². The fourth-order valence-corrected chi connectivity index (χ4v) is 1.67. The van der Waals surface area contributed by atoms with Crippen molar-refractivity contribution < 1.29 is 0 Å². The van der Waals surface area contributed by atoms with Crippen LogP contribution in [0.15, 0.2) is 0 Å². The van der Waals surface area contributed by atoms with Crippen LogP contribution in [0.25, 0.3) is 0 Å². The van der Waals surface area contributed by atoms with Crippen molar-refractivity contribution >= 4 is 0 Å². The van der Waals surface area contributed by atoms with Gasteiger partial charge in [0.1, 0.15) is 0 Å². The fraction of sp³-hybridized carbons (Fsp3) is 1.00. The lowest BCUT2D eigenvalue weighted by atomic mass is 10.0. The molecular formula is C8H18N2. The molecule has 0 saturated carbocycles. The first-order valence-corrected chi connectivity index (χ1v) is 4.21. The molecule has 2 nitrogen and oxygen atoms in total. The summed E-state index contributed by atoms with van der Waals surface area (Å²) in [5.74, 6) is 0.938. The summed E-state index contributed by atoms with van der Waals surface area (Å²) >= 11 is 0. The maximum Gasteiger partial charge on any atom is 0.000709 e. The summed E-state index contributed by atoms with van der Waals surface area (Å²) < 4.78 is 0. The van der Waals surface area contributed by atoms with Crippen LogP contribution in [0.3, 0.4) is 0 Å². The number of hydrogen-bond acceptors (Lipinski definition) is 2. The Morgan fingerprint density at radius 2 is 2.40 bits per heavy atom. The molecule has 2 heteroatoms. The number of rotatable bonds is 3. The fourth-order valence-electron chi connectivity index (χ4n) is 1.67. The highest BCUT2D eigenvalue weighted by Gasteiger charge is 2.17. The minimum absolute atomic E-state index is 0.861. The Morgan fingerprint density at radius 3 is 2.90 bits per heavy atom. The Bertz CT molecular complexity index is 93.3. The standard InChI is InChI=1S/C8H18N2/c1-10-6-4-8(7-10)3-2-5-9/h8H,2-7,9H2,1H3/t8-/m0/s1. The quantitative estimate of drug-likeness (QED) is 0.628. The second-order valence-electron chi connectivity index (χ2n) is 3.35. The number of nitrogens with zero attached hydrogens (tertiary/aromatic N) is 1. The highest BCUT2D eigenvalue weighted by atomic mass is 15.1. The van der Waals surface area contributed by atoms with Gasteiger partial charge >= 0.3 is 0 Å². The van der Waals surface area contributed by atoms with Gasteiger partial charge in [-0.15, -0.1) is 0 Å². The van der Waals surface area contributed by atoms with Crippen LogP contribution in [-0.2, 0) is 0 Å². The molecule has 0 radical (unpaired) electrons. The van der Waals surface area contributed by atoms with Gasteiger partial charge in [0.25, 0.3) is 0 Å². The van der Waals surface area contributed by atoms with Gasteiger partial charge in [0.15, 0.2) is 0 Å². The van der Waals surface area contributed by atoms with Crippen LogP contribution in [0.1, 0.15) is 19.3 Å². The van der Waals surface area contributed by atoms with E-state index in [1.54, 1.807) is 0 Å². The second-order valence-corrected chi connectivity index (χ2v) is 3.35. The molecule has 1 aliphatic rings. The van der Waals surface area contributed by atoms with E-state index in [1.165, 1.54) is 32.4 Å². The highest BCUT2D eigenvalue weighted by molar-refractivity contribution is 4.72. The SMILES string of the molecule is CN1CC[C@H](CCCN)C1. The molecule has 1 fully saturated rings. The zero-order chi connectivity index (χ0) is 7.40. The minimum atomic E-state index is 0.861. The lowest BCUT2D eigenvalue weighted by Gasteiger charge is -2.08. The molecule has 0 bridgehead atoms. The van der Waals surface area contributed by atoms with Crippen LogP contribution >= 0.6 is 0 Å². The molecule has 0 aromatic heterocycles. The van der Waals surface area contributed by atoms with Crippen LogP contribution in [0.4, 0.5) is 0 Å². The predicted octanol–water partition coefficient (Wildman–Crippen LogP) is 0.677. The molecule has 2 N–H and O–H groups in total. The van der Waals surface area contributed by atoms with Crippen LogP contribution in [-0.4, -0.2) is 31.6 Å². The third-order valence-corrected chi connectivity index (χ3v) is 2.31. The van der Waals surface area contributed by atoms with Gasteiger partial charge in [0, 0.05) is 6.54 Å². The average Bonchev–Trinajstić information content (AvgIpc) is 2.31. The molecule has 1 heterocycles. The largest absolute Gasteiger partial charge is 0.330 e. The van der Waals surface area contributed by atoms with Gasteiger partial charge in [-0.25, -0.2) is 0 Å². The molecule has 1 atom stereocenters. The molecular weight excluding hydrogens is 124 g/mol. The van der Waals surface area contributed by atoms with E-state index in [-0.39, 0.29) is 0 Å². The Labute approximate surface area is 63.4 Å². The van der Waals surface area contributed by atoms with E-state index < -0.39 is 0 Å². The molecule has 1 rings (SSSR count). The van der Waals surface area contributed by atoms with Crippen LogP contribution < -0.4 is 5.73 Å². The van der Waals surface area contributed by atoms with Crippen molar-refractivity contribution in [3.05, 3.63) is 0 Å². The first-order valence-electron chi connectivity index (χ1n) is 4.21. The Hall–Kier alpha value is -0.0800. The van der Waals surface area contributed by atoms with E-state index in [0.717, 1.165) is 12.5 Å². The summed E-state index contributed by atoms with van der Waals surface area (Å²) in [4.78, 5) is 2.40. The zero-order valence-electron chi connectivity index (χ0n) is 6.84. The van der Waals surface area contributed by atoms with E-state index in [4.69, 9.17) is 5.73 Å². The van der Waals surface area contributed by atoms with E-state index >= 15 is 0 Å². The van der Waals surface area contributed by atoms with Crippen molar-refractivity contribution in [2.75, 3.05) is 26.7 Å². The minimum Gasteiger partial charge on any atom is -0.330 e. The van der Waals surface area contributed by atoms with E-state index in [9.17, 15) is 0 Å². The number of likely N-dealkylation sites (tertiary alicyclic amines) is 1. The summed E-state index contributed by atoms with van der Waals surface area (Å²) in [5.41, 5.74) is 5.43. The summed E-state index contributed by atoms with van der Waals surface area (Å²) in [7, 11) is 2.20. The monoisotopic (exact) mass is 142 g/mol. The van der Waals surface area contributed by atoms with Crippen molar-refractivity contribution in [3.8, 4) is 0 Å². The van der Waals surface area contributed by atoms with Gasteiger partial charge in [-0.1, -0.05) is 0 Å². The van der Waals surface area contributed by atoms with Crippen molar-refractivity contribution in [1.29, 1.82) is 0 Å². The van der Waals surface area contributed by atoms with Crippen molar-refractivity contribution in [2.24, 2.45) is 11.7 Å². The van der Waals surface area contributed by atoms with Gasteiger partial charge < -0.3 is 10.6 Å². The molecule has 60 valence electrons. The van der Waals surface area contributed by atoms with Crippen LogP contribution in [0.2, 0.25) is 0 Å². The van der Waals surface area contributed by atoms with Crippen molar-refractivity contribution in [1.82, 2.24) is 4.90 Å². The first kappa shape index (κ1) is 8.02. The van der Waals surface area contributed by atoms with Gasteiger partial charge in [-0.2, -0.15) is 0 Å². The van der Waals surface area contributed by atoms with E-state index in [0.29, 0.717) is 0 Å². The number of hydrogen-bond donors (Lipinski definition) is 1. The lowest BCUT2D eigenvalue weighted by molar-refractivity contribution is 0.385. The zero-order valence-corrected chi connectivity index (χ0v) is 6.84. The maximum absolute atomic E-state index is 5.43. The normalized spacial score (nSPS) is 27.6. The molecule has 0 aliphatic carbocycles. The summed E-state index contributed by atoms with van der Waals surface area (Å²) in [6, 6.07) is 0. The van der Waals surface area contributed by atoms with Gasteiger partial charge in [-0.3, -0.25) is 0 Å². The van der Waals surface area contributed by atoms with Crippen molar-refractivity contribution in [3.63, 3.8) is 0 Å². The smallest absolute Gasteiger partial charge is 0.000709 e. The predicted molar refractivity (Wildman–Crippen MR) is 43.9 cm³/mol. The number of nitrogens with two attached hydrogens (primary N) is 1. The third kappa shape index (κ3) is 2.27. The Kier molecular flexibility index (Phi) is 3.16. The summed E-state index contributed by atoms with van der Waals surface area (Å²) in [5, 5.41) is 0. The highest BCUT2D eigenvalue weighted by Crippen LogP contribution is 2.18.